The van der Waals surface area contributed by atoms with Crippen LogP contribution in [-0.4, -0.2) is 60.1 Å². The predicted molar refractivity (Wildman–Crippen MR) is 70.5 cm³/mol. The first-order valence-electron chi connectivity index (χ1n) is 6.49. The molecule has 1 aliphatic carbocycles. The Morgan fingerprint density at radius 3 is 2.78 bits per heavy atom. The van der Waals surface area contributed by atoms with Crippen LogP contribution in [0.5, 0.6) is 0 Å². The number of rotatable bonds is 5. The van der Waals surface area contributed by atoms with Crippen molar-refractivity contribution >= 4 is 23.6 Å². The third-order valence-corrected chi connectivity index (χ3v) is 4.16. The molecule has 1 N–H and O–H groups in total. The Morgan fingerprint density at radius 2 is 2.22 bits per heavy atom. The van der Waals surface area contributed by atoms with Gasteiger partial charge < -0.3 is 15.0 Å². The Bertz CT molecular complexity index is 314. The van der Waals surface area contributed by atoms with Crippen molar-refractivity contribution in [2.24, 2.45) is 0 Å². The summed E-state index contributed by atoms with van der Waals surface area (Å²) in [7, 11) is 0. The molecule has 0 bridgehead atoms. The second-order valence-electron chi connectivity index (χ2n) is 4.58. The number of esters is 1. The zero-order chi connectivity index (χ0) is 13.0. The van der Waals surface area contributed by atoms with Crippen molar-refractivity contribution in [3.8, 4) is 0 Å². The molecule has 2 fully saturated rings. The monoisotopic (exact) mass is 272 g/mol. The van der Waals surface area contributed by atoms with Gasteiger partial charge >= 0.3 is 5.97 Å². The maximum absolute atomic E-state index is 12.4. The summed E-state index contributed by atoms with van der Waals surface area (Å²) in [5.41, 5.74) is 0. The van der Waals surface area contributed by atoms with E-state index in [0.717, 1.165) is 30.9 Å². The van der Waals surface area contributed by atoms with E-state index >= 15 is 0 Å². The fourth-order valence-electron chi connectivity index (χ4n) is 2.04. The van der Waals surface area contributed by atoms with Crippen LogP contribution in [0, 0.1) is 0 Å². The molecular formula is C12H20N2O3S. The fraction of sp³-hybridized carbons (Fsp3) is 0.833. The summed E-state index contributed by atoms with van der Waals surface area (Å²) < 4.78 is 4.93. The smallest absolute Gasteiger partial charge is 0.325 e. The molecule has 1 heterocycles. The molecule has 0 aromatic rings. The number of hydrogen-bond acceptors (Lipinski definition) is 5. The molecule has 0 aromatic heterocycles. The van der Waals surface area contributed by atoms with Gasteiger partial charge in [-0.2, -0.15) is 11.8 Å². The van der Waals surface area contributed by atoms with E-state index < -0.39 is 0 Å². The summed E-state index contributed by atoms with van der Waals surface area (Å²) in [5.74, 6) is 1.59. The average Bonchev–Trinajstić information content (AvgIpc) is 3.21. The van der Waals surface area contributed by atoms with E-state index in [4.69, 9.17) is 4.74 Å². The van der Waals surface area contributed by atoms with Crippen molar-refractivity contribution in [1.29, 1.82) is 0 Å². The second-order valence-corrected chi connectivity index (χ2v) is 5.73. The van der Waals surface area contributed by atoms with Crippen LogP contribution in [0.1, 0.15) is 19.8 Å². The molecule has 6 heteroatoms. The van der Waals surface area contributed by atoms with Crippen molar-refractivity contribution in [3.05, 3.63) is 0 Å². The second kappa shape index (κ2) is 6.43. The van der Waals surface area contributed by atoms with Gasteiger partial charge in [-0.05, 0) is 19.8 Å². The molecule has 0 aromatic carbocycles. The van der Waals surface area contributed by atoms with Gasteiger partial charge in [0.25, 0.3) is 0 Å². The van der Waals surface area contributed by atoms with Crippen LogP contribution >= 0.6 is 11.8 Å². The van der Waals surface area contributed by atoms with E-state index in [1.807, 2.05) is 0 Å². The first-order chi connectivity index (χ1) is 8.72. The quantitative estimate of drug-likeness (QED) is 0.727. The molecule has 0 spiro atoms. The van der Waals surface area contributed by atoms with Crippen LogP contribution in [-0.2, 0) is 14.3 Å². The van der Waals surface area contributed by atoms with Crippen LogP contribution in [0.15, 0.2) is 0 Å². The number of ether oxygens (including phenoxy) is 1. The Morgan fingerprint density at radius 1 is 1.44 bits per heavy atom. The van der Waals surface area contributed by atoms with Gasteiger partial charge in [-0.15, -0.1) is 0 Å². The summed E-state index contributed by atoms with van der Waals surface area (Å²) in [6.45, 7) is 3.10. The number of hydrogen-bond donors (Lipinski definition) is 1. The number of thioether (sulfide) groups is 1. The van der Waals surface area contributed by atoms with Crippen LogP contribution < -0.4 is 5.32 Å². The number of carbonyl (C=O) groups is 2. The summed E-state index contributed by atoms with van der Waals surface area (Å²) >= 11 is 1.78. The molecule has 1 unspecified atom stereocenters. The normalized spacial score (nSPS) is 23.5. The van der Waals surface area contributed by atoms with Gasteiger partial charge in [-0.25, -0.2) is 0 Å². The highest BCUT2D eigenvalue weighted by Crippen LogP contribution is 2.28. The summed E-state index contributed by atoms with van der Waals surface area (Å²) in [4.78, 5) is 25.6. The predicted octanol–water partition coefficient (Wildman–Crippen LogP) is 0.245. The number of nitrogens with one attached hydrogen (secondary N) is 1. The molecule has 0 radical (unpaired) electrons. The highest BCUT2D eigenvalue weighted by atomic mass is 32.2. The van der Waals surface area contributed by atoms with Crippen molar-refractivity contribution in [3.63, 3.8) is 0 Å². The van der Waals surface area contributed by atoms with Gasteiger partial charge in [0.05, 0.1) is 12.6 Å². The standard InChI is InChI=1S/C12H20N2O3S/c1-2-17-11(15)7-14(9-3-4-9)12(16)10-8-18-6-5-13-10/h9-10,13H,2-8H2,1H3. The van der Waals surface area contributed by atoms with E-state index in [2.05, 4.69) is 5.32 Å². The van der Waals surface area contributed by atoms with Crippen LogP contribution in [0.25, 0.3) is 0 Å². The Labute approximate surface area is 112 Å². The van der Waals surface area contributed by atoms with Crippen LogP contribution in [0.4, 0.5) is 0 Å². The zero-order valence-electron chi connectivity index (χ0n) is 10.7. The summed E-state index contributed by atoms with van der Waals surface area (Å²) in [6, 6.07) is 0.106. The lowest BCUT2D eigenvalue weighted by molar-refractivity contribution is -0.149. The van der Waals surface area contributed by atoms with Crippen molar-refractivity contribution in [2.75, 3.05) is 31.2 Å². The van der Waals surface area contributed by atoms with Gasteiger partial charge in [0.2, 0.25) is 5.91 Å². The van der Waals surface area contributed by atoms with E-state index in [-0.39, 0.29) is 30.5 Å². The summed E-state index contributed by atoms with van der Waals surface area (Å²) in [5, 5.41) is 3.22. The van der Waals surface area contributed by atoms with E-state index in [1.165, 1.54) is 0 Å². The lowest BCUT2D eigenvalue weighted by atomic mass is 10.2. The first-order valence-corrected chi connectivity index (χ1v) is 7.65. The Kier molecular flexibility index (Phi) is 4.88. The minimum absolute atomic E-state index is 0.0535. The molecule has 5 nitrogen and oxygen atoms in total. The van der Waals surface area contributed by atoms with Gasteiger partial charge in [-0.3, -0.25) is 9.59 Å². The third-order valence-electron chi connectivity index (χ3n) is 3.10. The molecule has 1 saturated carbocycles. The molecule has 1 aliphatic heterocycles. The van der Waals surface area contributed by atoms with Gasteiger partial charge in [0.1, 0.15) is 6.54 Å². The molecule has 1 atom stereocenters. The lowest BCUT2D eigenvalue weighted by Crippen LogP contribution is -2.52. The molecule has 1 saturated heterocycles. The topological polar surface area (TPSA) is 58.6 Å². The van der Waals surface area contributed by atoms with Crippen LogP contribution in [0.2, 0.25) is 0 Å². The maximum atomic E-state index is 12.4. The van der Waals surface area contributed by atoms with Gasteiger partial charge in [-0.1, -0.05) is 0 Å². The third kappa shape index (κ3) is 3.62. The molecule has 2 aliphatic rings. The highest BCUT2D eigenvalue weighted by Gasteiger charge is 2.37. The van der Waals surface area contributed by atoms with Gasteiger partial charge in [0, 0.05) is 24.1 Å². The van der Waals surface area contributed by atoms with Crippen molar-refractivity contribution < 1.29 is 14.3 Å². The van der Waals surface area contributed by atoms with Gasteiger partial charge in [0.15, 0.2) is 0 Å². The van der Waals surface area contributed by atoms with E-state index in [1.54, 1.807) is 23.6 Å². The lowest BCUT2D eigenvalue weighted by Gasteiger charge is -2.29. The zero-order valence-corrected chi connectivity index (χ0v) is 11.5. The number of carbonyl (C=O) groups excluding carboxylic acids is 2. The van der Waals surface area contributed by atoms with E-state index in [9.17, 15) is 9.59 Å². The number of amides is 1. The Balaban J connectivity index is 1.91. The summed E-state index contributed by atoms with van der Waals surface area (Å²) in [6.07, 6.45) is 2.01. The van der Waals surface area contributed by atoms with Crippen LogP contribution in [0.3, 0.4) is 0 Å². The SMILES string of the molecule is CCOC(=O)CN(C(=O)C1CSCCN1)C1CC1. The minimum Gasteiger partial charge on any atom is -0.465 e. The largest absolute Gasteiger partial charge is 0.465 e. The maximum Gasteiger partial charge on any atom is 0.325 e. The number of nitrogens with zero attached hydrogens (tertiary/aromatic N) is 1. The minimum atomic E-state index is -0.304. The molecule has 18 heavy (non-hydrogen) atoms. The molecule has 102 valence electrons. The highest BCUT2D eigenvalue weighted by molar-refractivity contribution is 7.99. The van der Waals surface area contributed by atoms with Crippen molar-refractivity contribution in [2.45, 2.75) is 31.8 Å². The molecule has 1 amide bonds. The molecular weight excluding hydrogens is 252 g/mol. The Hall–Kier alpha value is -0.750. The molecule has 2 rings (SSSR count). The average molecular weight is 272 g/mol. The van der Waals surface area contributed by atoms with Crippen molar-refractivity contribution in [1.82, 2.24) is 10.2 Å². The fourth-order valence-corrected chi connectivity index (χ4v) is 2.97. The first kappa shape index (κ1) is 13.7. The van der Waals surface area contributed by atoms with E-state index in [0.29, 0.717) is 6.61 Å².